The van der Waals surface area contributed by atoms with Crippen molar-refractivity contribution in [2.45, 2.75) is 47.0 Å². The van der Waals surface area contributed by atoms with Crippen LogP contribution in [0, 0.1) is 21.8 Å². The second-order valence-electron chi connectivity index (χ2n) is 9.82. The predicted molar refractivity (Wildman–Crippen MR) is 140 cm³/mol. The van der Waals surface area contributed by atoms with Gasteiger partial charge in [0, 0.05) is 20.3 Å². The van der Waals surface area contributed by atoms with Gasteiger partial charge in [-0.3, -0.25) is 9.78 Å². The monoisotopic (exact) mass is 556 g/mol. The molecule has 172 valence electrons. The predicted octanol–water partition coefficient (Wildman–Crippen LogP) is 6.09. The van der Waals surface area contributed by atoms with E-state index in [1.807, 2.05) is 49.4 Å². The maximum Gasteiger partial charge on any atom is 0.339 e. The van der Waals surface area contributed by atoms with Gasteiger partial charge in [0.2, 0.25) is 0 Å². The van der Waals surface area contributed by atoms with Gasteiger partial charge in [-0.05, 0) is 95.5 Å². The van der Waals surface area contributed by atoms with Crippen molar-refractivity contribution in [3.8, 4) is 0 Å². The average Bonchev–Trinajstić information content (AvgIpc) is 2.76. The smallest absolute Gasteiger partial charge is 0.339 e. The number of anilines is 1. The molecule has 1 N–H and O–H groups in total. The van der Waals surface area contributed by atoms with E-state index in [4.69, 9.17) is 9.72 Å². The minimum absolute atomic E-state index is 0.135. The Labute approximate surface area is 208 Å². The summed E-state index contributed by atoms with van der Waals surface area (Å²) < 4.78 is 6.64. The number of carbonyl (C=O) groups excluding carboxylic acids is 2. The number of fused-ring (bicyclic) bond motifs is 2. The summed E-state index contributed by atoms with van der Waals surface area (Å²) in [5.74, 6) is -0.368. The first-order valence-electron chi connectivity index (χ1n) is 11.3. The lowest BCUT2D eigenvalue weighted by atomic mass is 9.70. The molecular weight excluding hydrogens is 527 g/mol. The van der Waals surface area contributed by atoms with Crippen LogP contribution in [-0.2, 0) is 22.4 Å². The zero-order chi connectivity index (χ0) is 23.8. The van der Waals surface area contributed by atoms with E-state index in [0.717, 1.165) is 56.2 Å². The van der Waals surface area contributed by atoms with Gasteiger partial charge in [0.1, 0.15) is 0 Å². The van der Waals surface area contributed by atoms with Crippen LogP contribution in [0.2, 0.25) is 0 Å². The number of hydrogen-bond acceptors (Lipinski definition) is 4. The van der Waals surface area contributed by atoms with Gasteiger partial charge in [-0.15, -0.1) is 0 Å². The second-order valence-corrected chi connectivity index (χ2v) is 11.1. The zero-order valence-electron chi connectivity index (χ0n) is 19.5. The van der Waals surface area contributed by atoms with Crippen LogP contribution >= 0.6 is 22.6 Å². The summed E-state index contributed by atoms with van der Waals surface area (Å²) in [6, 6.07) is 13.4. The molecule has 0 saturated heterocycles. The molecule has 6 heteroatoms. The van der Waals surface area contributed by atoms with Crippen LogP contribution in [0.25, 0.3) is 10.9 Å². The highest BCUT2D eigenvalue weighted by Crippen LogP contribution is 2.39. The Hall–Kier alpha value is -2.48. The number of nitrogens with zero attached hydrogens (tertiary/aromatic N) is 1. The molecule has 0 fully saturated rings. The molecule has 1 amide bonds. The molecule has 1 aromatic heterocycles. The molecule has 5 nitrogen and oxygen atoms in total. The Morgan fingerprint density at radius 1 is 1.18 bits per heavy atom. The number of pyridine rings is 1. The molecule has 3 aromatic rings. The third-order valence-corrected chi connectivity index (χ3v) is 7.16. The first-order valence-corrected chi connectivity index (χ1v) is 12.3. The Bertz CT molecular complexity index is 1230. The van der Waals surface area contributed by atoms with Crippen LogP contribution in [0.15, 0.2) is 42.5 Å². The quantitative estimate of drug-likeness (QED) is 0.312. The van der Waals surface area contributed by atoms with E-state index in [1.54, 1.807) is 0 Å². The maximum absolute atomic E-state index is 13.3. The Kier molecular flexibility index (Phi) is 6.75. The summed E-state index contributed by atoms with van der Waals surface area (Å²) in [6.07, 6.45) is 2.68. The lowest BCUT2D eigenvalue weighted by molar-refractivity contribution is -0.119. The van der Waals surface area contributed by atoms with E-state index in [9.17, 15) is 9.59 Å². The summed E-state index contributed by atoms with van der Waals surface area (Å²) in [7, 11) is 0. The summed E-state index contributed by atoms with van der Waals surface area (Å²) in [6.45, 7) is 8.33. The Morgan fingerprint density at radius 3 is 2.67 bits per heavy atom. The van der Waals surface area contributed by atoms with Gasteiger partial charge < -0.3 is 10.1 Å². The van der Waals surface area contributed by atoms with Crippen LogP contribution in [0.5, 0.6) is 0 Å². The Morgan fingerprint density at radius 2 is 1.94 bits per heavy atom. The number of para-hydroxylation sites is 1. The molecule has 0 spiro atoms. The average molecular weight is 556 g/mol. The van der Waals surface area contributed by atoms with E-state index in [-0.39, 0.29) is 17.9 Å². The molecule has 0 bridgehead atoms. The molecule has 1 heterocycles. The standard InChI is InChI=1S/C27H29IN2O3/c1-16-13-18(28)10-12-21(16)30-24(31)15-33-26(32)25-19-7-5-6-8-22(19)29-23-11-9-17(14-20(23)25)27(2,3)4/h5-8,10,12-13,17H,9,11,14-15H2,1-4H3,(H,30,31)/t17-/m0/s1. The zero-order valence-corrected chi connectivity index (χ0v) is 21.7. The van der Waals surface area contributed by atoms with E-state index in [2.05, 4.69) is 48.7 Å². The summed E-state index contributed by atoms with van der Waals surface area (Å²) >= 11 is 2.23. The fourth-order valence-corrected chi connectivity index (χ4v) is 5.16. The number of esters is 1. The molecule has 0 saturated carbocycles. The van der Waals surface area contributed by atoms with Crippen molar-refractivity contribution in [1.82, 2.24) is 4.98 Å². The molecule has 1 atom stereocenters. The van der Waals surface area contributed by atoms with Gasteiger partial charge in [0.25, 0.3) is 5.91 Å². The van der Waals surface area contributed by atoms with Crippen LogP contribution < -0.4 is 5.32 Å². The first kappa shape index (κ1) is 23.7. The molecule has 1 aliphatic carbocycles. The SMILES string of the molecule is Cc1cc(I)ccc1NC(=O)COC(=O)c1c2c(nc3ccccc13)CC[C@H](C(C)(C)C)C2. The van der Waals surface area contributed by atoms with Crippen LogP contribution in [0.3, 0.4) is 0 Å². The van der Waals surface area contributed by atoms with Crippen molar-refractivity contribution in [3.63, 3.8) is 0 Å². The fraction of sp³-hybridized carbons (Fsp3) is 0.370. The number of aryl methyl sites for hydroxylation is 2. The van der Waals surface area contributed by atoms with E-state index in [0.29, 0.717) is 11.5 Å². The lowest BCUT2D eigenvalue weighted by Crippen LogP contribution is -2.29. The van der Waals surface area contributed by atoms with Crippen LogP contribution in [0.1, 0.15) is 54.4 Å². The van der Waals surface area contributed by atoms with E-state index >= 15 is 0 Å². The van der Waals surface area contributed by atoms with Crippen LogP contribution in [-0.4, -0.2) is 23.5 Å². The number of nitrogens with one attached hydrogen (secondary N) is 1. The molecule has 2 aromatic carbocycles. The molecule has 4 rings (SSSR count). The Balaban J connectivity index is 1.59. The second kappa shape index (κ2) is 9.41. The summed E-state index contributed by atoms with van der Waals surface area (Å²) in [5.41, 5.74) is 5.11. The largest absolute Gasteiger partial charge is 0.452 e. The van der Waals surface area contributed by atoms with E-state index < -0.39 is 5.97 Å². The molecule has 0 unspecified atom stereocenters. The number of aromatic nitrogens is 1. The summed E-state index contributed by atoms with van der Waals surface area (Å²) in [4.78, 5) is 30.7. The van der Waals surface area contributed by atoms with Gasteiger partial charge >= 0.3 is 5.97 Å². The molecule has 0 aliphatic heterocycles. The highest BCUT2D eigenvalue weighted by Gasteiger charge is 2.33. The van der Waals surface area contributed by atoms with Gasteiger partial charge in [0.15, 0.2) is 6.61 Å². The highest BCUT2D eigenvalue weighted by molar-refractivity contribution is 14.1. The molecule has 33 heavy (non-hydrogen) atoms. The minimum atomic E-state index is -0.464. The number of benzene rings is 2. The highest BCUT2D eigenvalue weighted by atomic mass is 127. The molecule has 0 radical (unpaired) electrons. The van der Waals surface area contributed by atoms with Gasteiger partial charge in [-0.1, -0.05) is 39.0 Å². The molecular formula is C27H29IN2O3. The van der Waals surface area contributed by atoms with Gasteiger partial charge in [-0.25, -0.2) is 4.79 Å². The maximum atomic E-state index is 13.3. The number of hydrogen-bond donors (Lipinski definition) is 1. The van der Waals surface area contributed by atoms with Crippen molar-refractivity contribution < 1.29 is 14.3 Å². The minimum Gasteiger partial charge on any atom is -0.452 e. The third kappa shape index (κ3) is 5.21. The first-order chi connectivity index (χ1) is 15.6. The normalized spacial score (nSPS) is 15.7. The summed E-state index contributed by atoms with van der Waals surface area (Å²) in [5, 5.41) is 3.62. The topological polar surface area (TPSA) is 68.3 Å². The van der Waals surface area contributed by atoms with Gasteiger partial charge in [-0.2, -0.15) is 0 Å². The number of ether oxygens (including phenoxy) is 1. The van der Waals surface area contributed by atoms with Crippen molar-refractivity contribution in [2.24, 2.45) is 11.3 Å². The molecule has 1 aliphatic rings. The van der Waals surface area contributed by atoms with E-state index in [1.165, 1.54) is 0 Å². The van der Waals surface area contributed by atoms with Crippen LogP contribution in [0.4, 0.5) is 5.69 Å². The third-order valence-electron chi connectivity index (χ3n) is 6.48. The van der Waals surface area contributed by atoms with Crippen molar-refractivity contribution in [3.05, 3.63) is 68.4 Å². The fourth-order valence-electron chi connectivity index (χ4n) is 4.52. The lowest BCUT2D eigenvalue weighted by Gasteiger charge is -2.35. The number of halogens is 1. The number of carbonyl (C=O) groups is 2. The van der Waals surface area contributed by atoms with Crippen molar-refractivity contribution in [1.29, 1.82) is 0 Å². The van der Waals surface area contributed by atoms with Gasteiger partial charge in [0.05, 0.1) is 11.1 Å². The number of rotatable bonds is 4. The van der Waals surface area contributed by atoms with Crippen molar-refractivity contribution >= 4 is 51.1 Å². The van der Waals surface area contributed by atoms with Crippen molar-refractivity contribution in [2.75, 3.05) is 11.9 Å². The number of amides is 1.